The average molecular weight is 362 g/mol. The van der Waals surface area contributed by atoms with Gasteiger partial charge in [0, 0.05) is 18.3 Å². The Balaban J connectivity index is 1.66. The lowest BCUT2D eigenvalue weighted by Crippen LogP contribution is -2.14. The highest BCUT2D eigenvalue weighted by molar-refractivity contribution is 7.22. The van der Waals surface area contributed by atoms with E-state index in [0.29, 0.717) is 22.3 Å². The van der Waals surface area contributed by atoms with Crippen molar-refractivity contribution >= 4 is 32.6 Å². The number of thiazole rings is 1. The minimum Gasteiger partial charge on any atom is -0.497 e. The monoisotopic (exact) mass is 362 g/mol. The number of rotatable bonds is 4. The van der Waals surface area contributed by atoms with Crippen LogP contribution in [-0.4, -0.2) is 28.0 Å². The van der Waals surface area contributed by atoms with Crippen molar-refractivity contribution in [2.45, 2.75) is 0 Å². The number of hydrogen-bond donors (Lipinski definition) is 1. The molecule has 1 amide bonds. The van der Waals surface area contributed by atoms with Crippen molar-refractivity contribution < 1.29 is 9.53 Å². The molecule has 3 aromatic heterocycles. The third-order valence-electron chi connectivity index (χ3n) is 3.71. The second-order valence-electron chi connectivity index (χ2n) is 5.43. The molecule has 1 N–H and O–H groups in total. The van der Waals surface area contributed by atoms with Gasteiger partial charge in [-0.15, -0.1) is 0 Å². The zero-order valence-electron chi connectivity index (χ0n) is 13.8. The molecule has 0 saturated carbocycles. The fourth-order valence-corrected chi connectivity index (χ4v) is 3.33. The maximum atomic E-state index is 12.7. The molecular weight excluding hydrogens is 348 g/mol. The number of hydrogen-bond acceptors (Lipinski definition) is 6. The van der Waals surface area contributed by atoms with Gasteiger partial charge in [0.1, 0.15) is 11.4 Å². The van der Waals surface area contributed by atoms with E-state index in [-0.39, 0.29) is 11.6 Å². The van der Waals surface area contributed by atoms with Crippen LogP contribution in [0.4, 0.5) is 5.13 Å². The number of benzene rings is 1. The third kappa shape index (κ3) is 3.25. The van der Waals surface area contributed by atoms with Crippen molar-refractivity contribution in [3.63, 3.8) is 0 Å². The van der Waals surface area contributed by atoms with Gasteiger partial charge in [0.25, 0.3) is 5.91 Å². The fourth-order valence-electron chi connectivity index (χ4n) is 2.47. The van der Waals surface area contributed by atoms with Crippen molar-refractivity contribution in [1.29, 1.82) is 0 Å². The molecule has 0 atom stereocenters. The number of pyridine rings is 2. The first-order valence-corrected chi connectivity index (χ1v) is 8.69. The summed E-state index contributed by atoms with van der Waals surface area (Å²) in [6, 6.07) is 16.6. The first-order valence-electron chi connectivity index (χ1n) is 7.87. The van der Waals surface area contributed by atoms with Gasteiger partial charge in [-0.25, -0.2) is 9.97 Å². The predicted octanol–water partition coefficient (Wildman–Crippen LogP) is 4.01. The smallest absolute Gasteiger partial charge is 0.276 e. The van der Waals surface area contributed by atoms with E-state index in [1.807, 2.05) is 42.5 Å². The maximum Gasteiger partial charge on any atom is 0.276 e. The Labute approximate surface area is 153 Å². The van der Waals surface area contributed by atoms with Crippen molar-refractivity contribution in [2.75, 3.05) is 12.4 Å². The van der Waals surface area contributed by atoms with Gasteiger partial charge in [-0.2, -0.15) is 0 Å². The number of carbonyl (C=O) groups excluding carboxylic acids is 1. The minimum atomic E-state index is -0.347. The third-order valence-corrected chi connectivity index (χ3v) is 4.66. The number of para-hydroxylation sites is 1. The lowest BCUT2D eigenvalue weighted by molar-refractivity contribution is 0.102. The Hall–Kier alpha value is -3.32. The Morgan fingerprint density at radius 3 is 2.65 bits per heavy atom. The van der Waals surface area contributed by atoms with Crippen LogP contribution in [0.3, 0.4) is 0 Å². The van der Waals surface area contributed by atoms with Crippen molar-refractivity contribution in [1.82, 2.24) is 15.0 Å². The van der Waals surface area contributed by atoms with Gasteiger partial charge < -0.3 is 4.74 Å². The highest BCUT2D eigenvalue weighted by Gasteiger charge is 2.15. The first-order chi connectivity index (χ1) is 12.7. The lowest BCUT2D eigenvalue weighted by atomic mass is 10.2. The molecule has 3 heterocycles. The molecule has 0 bridgehead atoms. The molecule has 6 nitrogen and oxygen atoms in total. The second-order valence-corrected chi connectivity index (χ2v) is 6.46. The number of carbonyl (C=O) groups is 1. The summed E-state index contributed by atoms with van der Waals surface area (Å²) in [5, 5.41) is 3.34. The number of methoxy groups -OCH3 is 1. The largest absolute Gasteiger partial charge is 0.497 e. The number of anilines is 1. The van der Waals surface area contributed by atoms with Gasteiger partial charge in [0.15, 0.2) is 5.13 Å². The van der Waals surface area contributed by atoms with Crippen molar-refractivity contribution in [3.05, 3.63) is 66.5 Å². The Kier molecular flexibility index (Phi) is 4.28. The van der Waals surface area contributed by atoms with E-state index in [4.69, 9.17) is 4.74 Å². The molecule has 0 unspecified atom stereocenters. The zero-order valence-corrected chi connectivity index (χ0v) is 14.7. The molecule has 0 aliphatic heterocycles. The van der Waals surface area contributed by atoms with Gasteiger partial charge in [-0.1, -0.05) is 29.5 Å². The summed E-state index contributed by atoms with van der Waals surface area (Å²) in [5.74, 6) is 0.190. The van der Waals surface area contributed by atoms with Crippen LogP contribution in [0.5, 0.6) is 5.75 Å². The van der Waals surface area contributed by atoms with E-state index < -0.39 is 0 Å². The van der Waals surface area contributed by atoms with Crippen LogP contribution in [0, 0.1) is 0 Å². The molecule has 0 aliphatic carbocycles. The molecule has 4 aromatic rings. The van der Waals surface area contributed by atoms with Crippen molar-refractivity contribution in [2.24, 2.45) is 0 Å². The molecule has 0 spiro atoms. The number of aromatic nitrogens is 3. The second kappa shape index (κ2) is 6.89. The molecule has 0 saturated heterocycles. The molecule has 26 heavy (non-hydrogen) atoms. The SMILES string of the molecule is COc1cc(C(=O)Nc2nc3ccccc3s2)nc(-c2ccccn2)c1. The van der Waals surface area contributed by atoms with Gasteiger partial charge in [0.2, 0.25) is 0 Å². The van der Waals surface area contributed by atoms with Crippen LogP contribution in [0.25, 0.3) is 21.6 Å². The minimum absolute atomic E-state index is 0.240. The van der Waals surface area contributed by atoms with E-state index in [2.05, 4.69) is 20.3 Å². The van der Waals surface area contributed by atoms with Crippen LogP contribution in [0.2, 0.25) is 0 Å². The van der Waals surface area contributed by atoms with E-state index in [0.717, 1.165) is 10.2 Å². The van der Waals surface area contributed by atoms with Gasteiger partial charge >= 0.3 is 0 Å². The van der Waals surface area contributed by atoms with E-state index >= 15 is 0 Å². The normalized spacial score (nSPS) is 10.7. The van der Waals surface area contributed by atoms with E-state index in [9.17, 15) is 4.79 Å². The fraction of sp³-hybridized carbons (Fsp3) is 0.0526. The van der Waals surface area contributed by atoms with Crippen LogP contribution in [-0.2, 0) is 0 Å². The predicted molar refractivity (Wildman–Crippen MR) is 102 cm³/mol. The van der Waals surface area contributed by atoms with Gasteiger partial charge in [-0.05, 0) is 24.3 Å². The molecule has 4 rings (SSSR count). The maximum absolute atomic E-state index is 12.7. The van der Waals surface area contributed by atoms with E-state index in [1.54, 1.807) is 25.4 Å². The number of nitrogens with one attached hydrogen (secondary N) is 1. The molecule has 1 aromatic carbocycles. The Morgan fingerprint density at radius 2 is 1.88 bits per heavy atom. The highest BCUT2D eigenvalue weighted by Crippen LogP contribution is 2.26. The van der Waals surface area contributed by atoms with Gasteiger partial charge in [-0.3, -0.25) is 15.1 Å². The summed E-state index contributed by atoms with van der Waals surface area (Å²) in [4.78, 5) is 25.8. The zero-order chi connectivity index (χ0) is 17.9. The summed E-state index contributed by atoms with van der Waals surface area (Å²) < 4.78 is 6.31. The molecule has 0 fully saturated rings. The quantitative estimate of drug-likeness (QED) is 0.593. The summed E-state index contributed by atoms with van der Waals surface area (Å²) in [6.45, 7) is 0. The van der Waals surface area contributed by atoms with Crippen LogP contribution >= 0.6 is 11.3 Å². The average Bonchev–Trinajstić information content (AvgIpc) is 3.10. The molecule has 128 valence electrons. The highest BCUT2D eigenvalue weighted by atomic mass is 32.1. The molecule has 0 aliphatic rings. The van der Waals surface area contributed by atoms with Crippen molar-refractivity contribution in [3.8, 4) is 17.1 Å². The summed E-state index contributed by atoms with van der Waals surface area (Å²) in [6.07, 6.45) is 1.68. The Bertz CT molecular complexity index is 1050. The van der Waals surface area contributed by atoms with Gasteiger partial charge in [0.05, 0.1) is 28.7 Å². The lowest BCUT2D eigenvalue weighted by Gasteiger charge is -2.07. The van der Waals surface area contributed by atoms with Crippen LogP contribution < -0.4 is 10.1 Å². The Morgan fingerprint density at radius 1 is 1.04 bits per heavy atom. The molecule has 0 radical (unpaired) electrons. The summed E-state index contributed by atoms with van der Waals surface area (Å²) in [7, 11) is 1.55. The summed E-state index contributed by atoms with van der Waals surface area (Å²) in [5.41, 5.74) is 2.32. The summed E-state index contributed by atoms with van der Waals surface area (Å²) >= 11 is 1.42. The topological polar surface area (TPSA) is 77.0 Å². The number of fused-ring (bicyclic) bond motifs is 1. The standard InChI is InChI=1S/C19H14N4O2S/c1-25-12-10-15(13-6-4-5-9-20-13)21-16(11-12)18(24)23-19-22-14-7-2-3-8-17(14)26-19/h2-11H,1H3,(H,22,23,24). The first kappa shape index (κ1) is 16.2. The molecule has 7 heteroatoms. The van der Waals surface area contributed by atoms with Crippen LogP contribution in [0.1, 0.15) is 10.5 Å². The number of nitrogens with zero attached hydrogens (tertiary/aromatic N) is 3. The molecular formula is C19H14N4O2S. The van der Waals surface area contributed by atoms with Crippen LogP contribution in [0.15, 0.2) is 60.8 Å². The number of ether oxygens (including phenoxy) is 1. The van der Waals surface area contributed by atoms with E-state index in [1.165, 1.54) is 11.3 Å². The number of amides is 1.